The molecular formula is C36H52BrF6NO2. The number of hydrogen-bond acceptors (Lipinski definition) is 3. The first-order valence-electron chi connectivity index (χ1n) is 17.6. The van der Waals surface area contributed by atoms with Gasteiger partial charge in [-0.2, -0.15) is 22.0 Å². The van der Waals surface area contributed by atoms with Crippen molar-refractivity contribution in [3.05, 3.63) is 27.7 Å². The molecule has 0 radical (unpaired) electrons. The van der Waals surface area contributed by atoms with Gasteiger partial charge in [0.15, 0.2) is 0 Å². The lowest BCUT2D eigenvalue weighted by Crippen LogP contribution is -2.55. The van der Waals surface area contributed by atoms with E-state index in [9.17, 15) is 32.2 Å². The Hall–Kier alpha value is -1.00. The van der Waals surface area contributed by atoms with Crippen LogP contribution in [0.1, 0.15) is 127 Å². The number of halogens is 7. The predicted molar refractivity (Wildman–Crippen MR) is 172 cm³/mol. The second-order valence-electron chi connectivity index (χ2n) is 15.4. The van der Waals surface area contributed by atoms with Crippen LogP contribution in [0.15, 0.2) is 16.6 Å². The Morgan fingerprint density at radius 3 is 2.39 bits per heavy atom. The molecule has 2 N–H and O–H groups in total. The first-order chi connectivity index (χ1) is 21.6. The minimum atomic E-state index is -5.46. The quantitative estimate of drug-likeness (QED) is 0.157. The molecule has 262 valence electrons. The van der Waals surface area contributed by atoms with E-state index >= 15 is 4.39 Å². The number of unbranched alkanes of at least 4 members (excludes halogenated alkanes) is 5. The molecule has 1 aliphatic heterocycles. The molecule has 4 aliphatic rings. The molecular weight excluding hydrogens is 672 g/mol. The van der Waals surface area contributed by atoms with Gasteiger partial charge in [0, 0.05) is 23.8 Å². The highest BCUT2D eigenvalue weighted by Gasteiger charge is 2.64. The van der Waals surface area contributed by atoms with Gasteiger partial charge in [0.05, 0.1) is 10.1 Å². The smallest absolute Gasteiger partial charge is 0.453 e. The minimum Gasteiger partial charge on any atom is -0.507 e. The molecule has 1 aromatic rings. The molecule has 1 saturated heterocycles. The van der Waals surface area contributed by atoms with Crippen molar-refractivity contribution >= 4 is 15.9 Å². The summed E-state index contributed by atoms with van der Waals surface area (Å²) in [5, 5.41) is 21.8. The van der Waals surface area contributed by atoms with Gasteiger partial charge in [-0.05, 0) is 135 Å². The van der Waals surface area contributed by atoms with Crippen molar-refractivity contribution in [2.45, 2.75) is 152 Å². The number of aliphatic hydroxyl groups is 1. The Morgan fingerprint density at radius 2 is 1.65 bits per heavy atom. The van der Waals surface area contributed by atoms with Crippen molar-refractivity contribution in [1.82, 2.24) is 4.90 Å². The highest BCUT2D eigenvalue weighted by molar-refractivity contribution is 9.10. The Labute approximate surface area is 279 Å². The molecule has 8 atom stereocenters. The lowest BCUT2D eigenvalue weighted by molar-refractivity contribution is -0.284. The van der Waals surface area contributed by atoms with Crippen LogP contribution in [0.4, 0.5) is 26.3 Å². The third kappa shape index (κ3) is 7.15. The molecule has 0 spiro atoms. The second kappa shape index (κ2) is 14.1. The molecule has 10 heteroatoms. The van der Waals surface area contributed by atoms with E-state index in [0.717, 1.165) is 88.4 Å². The van der Waals surface area contributed by atoms with Crippen LogP contribution in [-0.4, -0.2) is 58.1 Å². The molecule has 0 unspecified atom stereocenters. The molecule has 3 nitrogen and oxygen atoms in total. The summed E-state index contributed by atoms with van der Waals surface area (Å²) in [7, 11) is 0. The molecule has 5 rings (SSSR count). The summed E-state index contributed by atoms with van der Waals surface area (Å²) >= 11 is 3.61. The average molecular weight is 725 g/mol. The molecule has 46 heavy (non-hydrogen) atoms. The number of fused-ring (bicyclic) bond motifs is 5. The van der Waals surface area contributed by atoms with E-state index in [1.165, 1.54) is 0 Å². The Bertz CT molecular complexity index is 1190. The number of likely N-dealkylation sites (tertiary alicyclic amines) is 1. The van der Waals surface area contributed by atoms with Crippen molar-refractivity contribution in [3.63, 3.8) is 0 Å². The molecule has 0 amide bonds. The fourth-order valence-corrected chi connectivity index (χ4v) is 10.5. The number of phenols is 1. The van der Waals surface area contributed by atoms with Gasteiger partial charge in [-0.3, -0.25) is 0 Å². The normalized spacial score (nSPS) is 34.8. The average Bonchev–Trinajstić information content (AvgIpc) is 3.51. The van der Waals surface area contributed by atoms with Crippen molar-refractivity contribution in [3.8, 4) is 5.75 Å². The minimum absolute atomic E-state index is 0.113. The summed E-state index contributed by atoms with van der Waals surface area (Å²) in [6.45, 7) is 6.04. The van der Waals surface area contributed by atoms with Gasteiger partial charge in [0.25, 0.3) is 0 Å². The number of benzene rings is 1. The van der Waals surface area contributed by atoms with E-state index < -0.39 is 35.7 Å². The topological polar surface area (TPSA) is 43.7 Å². The first kappa shape index (κ1) is 36.3. The summed E-state index contributed by atoms with van der Waals surface area (Å²) < 4.78 is 80.3. The maximum absolute atomic E-state index is 16.3. The van der Waals surface area contributed by atoms with E-state index in [1.807, 2.05) is 13.0 Å². The Morgan fingerprint density at radius 1 is 0.957 bits per heavy atom. The van der Waals surface area contributed by atoms with E-state index in [1.54, 1.807) is 6.07 Å². The van der Waals surface area contributed by atoms with E-state index in [0.29, 0.717) is 36.2 Å². The van der Waals surface area contributed by atoms with Crippen LogP contribution >= 0.6 is 15.9 Å². The summed E-state index contributed by atoms with van der Waals surface area (Å²) in [4.78, 5) is 2.52. The molecule has 0 bridgehead atoms. The van der Waals surface area contributed by atoms with Crippen molar-refractivity contribution < 1.29 is 36.6 Å². The largest absolute Gasteiger partial charge is 0.507 e. The molecule has 1 aromatic carbocycles. The van der Waals surface area contributed by atoms with E-state index in [2.05, 4.69) is 27.8 Å². The molecule has 1 heterocycles. The lowest BCUT2D eigenvalue weighted by Gasteiger charge is -2.56. The standard InChI is InChI=1S/C36H52BrF6NO2/c1-33-22-28(38)31-25-14-15-29(45)32(37)26(25)21-23(30(31)27(33)16-18-34(33,2)46)11-6-5-9-19-44-20-10-13-24(44)12-7-3-4-8-17-35(39,40)36(41,42)43/h14-15,23-24,27-28,30-31,45-46H,3-13,16-22H2,1-2H3/t23-,24-,27+,28+,30+,31+,33+,34-/m1/s1. The molecule has 3 fully saturated rings. The number of nitrogens with zero attached hydrogens (tertiary/aromatic N) is 1. The Balaban J connectivity index is 1.11. The van der Waals surface area contributed by atoms with Gasteiger partial charge < -0.3 is 15.1 Å². The highest BCUT2D eigenvalue weighted by Crippen LogP contribution is 2.66. The van der Waals surface area contributed by atoms with E-state index in [-0.39, 0.29) is 35.8 Å². The summed E-state index contributed by atoms with van der Waals surface area (Å²) in [5.74, 6) is -3.92. The zero-order valence-corrected chi connectivity index (χ0v) is 28.9. The van der Waals surface area contributed by atoms with Crippen molar-refractivity contribution in [2.24, 2.45) is 23.2 Å². The first-order valence-corrected chi connectivity index (χ1v) is 18.4. The van der Waals surface area contributed by atoms with Crippen LogP contribution < -0.4 is 0 Å². The van der Waals surface area contributed by atoms with Gasteiger partial charge in [-0.25, -0.2) is 4.39 Å². The van der Waals surface area contributed by atoms with Crippen molar-refractivity contribution in [1.29, 1.82) is 0 Å². The zero-order chi connectivity index (χ0) is 33.5. The van der Waals surface area contributed by atoms with Gasteiger partial charge in [-0.15, -0.1) is 0 Å². The van der Waals surface area contributed by atoms with Gasteiger partial charge in [-0.1, -0.05) is 45.1 Å². The third-order valence-electron chi connectivity index (χ3n) is 12.7. The second-order valence-corrected chi connectivity index (χ2v) is 16.2. The maximum Gasteiger partial charge on any atom is 0.453 e. The number of phenolic OH excluding ortho intramolecular Hbond substituents is 1. The summed E-state index contributed by atoms with van der Waals surface area (Å²) in [6, 6.07) is 4.05. The monoisotopic (exact) mass is 723 g/mol. The summed E-state index contributed by atoms with van der Waals surface area (Å²) in [6.07, 6.45) is 4.29. The van der Waals surface area contributed by atoms with Gasteiger partial charge >= 0.3 is 12.1 Å². The number of alkyl halides is 6. The SMILES string of the molecule is C[C@]12C[C@H](F)[C@@H]3c4ccc(O)c(Br)c4C[C@@H](CCCCCN4CCC[C@H]4CCCCCCC(F)(F)C(F)(F)F)[C@H]3[C@@H]1CC[C@@]2(C)O. The lowest BCUT2D eigenvalue weighted by atomic mass is 9.50. The van der Waals surface area contributed by atoms with E-state index in [4.69, 9.17) is 0 Å². The number of hydrogen-bond donors (Lipinski definition) is 2. The highest BCUT2D eigenvalue weighted by atomic mass is 79.9. The third-order valence-corrected chi connectivity index (χ3v) is 13.6. The van der Waals surface area contributed by atoms with Crippen LogP contribution in [-0.2, 0) is 6.42 Å². The fraction of sp³-hybridized carbons (Fsp3) is 0.833. The summed E-state index contributed by atoms with van der Waals surface area (Å²) in [5.41, 5.74) is 0.736. The van der Waals surface area contributed by atoms with Crippen molar-refractivity contribution in [2.75, 3.05) is 13.1 Å². The zero-order valence-electron chi connectivity index (χ0n) is 27.3. The molecule has 3 aliphatic carbocycles. The maximum atomic E-state index is 16.3. The number of rotatable bonds is 13. The van der Waals surface area contributed by atoms with Crippen LogP contribution in [0.2, 0.25) is 0 Å². The number of aromatic hydroxyl groups is 1. The van der Waals surface area contributed by atoms with Gasteiger partial charge in [0.2, 0.25) is 0 Å². The Kier molecular flexibility index (Phi) is 11.1. The molecule has 2 saturated carbocycles. The van der Waals surface area contributed by atoms with Crippen LogP contribution in [0.25, 0.3) is 0 Å². The van der Waals surface area contributed by atoms with Gasteiger partial charge in [0.1, 0.15) is 11.9 Å². The van der Waals surface area contributed by atoms with Crippen LogP contribution in [0.5, 0.6) is 5.75 Å². The van der Waals surface area contributed by atoms with Crippen LogP contribution in [0, 0.1) is 23.2 Å². The predicted octanol–water partition coefficient (Wildman–Crippen LogP) is 10.5. The van der Waals surface area contributed by atoms with Crippen LogP contribution in [0.3, 0.4) is 0 Å². The molecule has 0 aromatic heterocycles. The fourth-order valence-electron chi connectivity index (χ4n) is 9.95.